The molecule has 1 aliphatic rings. The van der Waals surface area contributed by atoms with Gasteiger partial charge in [-0.1, -0.05) is 67.1 Å². The molecule has 1 aromatic heterocycles. The molecule has 12 heteroatoms. The number of aliphatic hydroxyl groups excluding tert-OH is 1. The molecular weight excluding hydrogens is 630 g/mol. The number of rotatable bonds is 14. The molecule has 3 aromatic carbocycles. The summed E-state index contributed by atoms with van der Waals surface area (Å²) in [7, 11) is 1.53. The fraction of sp³-hybridized carbons (Fsp3) is 0.294. The highest BCUT2D eigenvalue weighted by Crippen LogP contribution is 2.46. The number of halogens is 1. The van der Waals surface area contributed by atoms with Crippen LogP contribution in [0.2, 0.25) is 0 Å². The molecule has 1 unspecified atom stereocenters. The number of ether oxygens (including phenoxy) is 3. The van der Waals surface area contributed by atoms with Crippen molar-refractivity contribution < 1.29 is 33.3 Å². The van der Waals surface area contributed by atoms with Crippen molar-refractivity contribution >= 4 is 45.7 Å². The third kappa shape index (κ3) is 7.18. The van der Waals surface area contributed by atoms with Crippen molar-refractivity contribution in [1.82, 2.24) is 10.2 Å². The largest absolute Gasteiger partial charge is 0.507 e. The molecule has 1 N–H and O–H groups in total. The number of carbonyl (C=O) groups is 2. The molecular formula is C34H34FN3O6S2. The van der Waals surface area contributed by atoms with Gasteiger partial charge in [-0.05, 0) is 66.9 Å². The number of Topliss-reactive ketones (excluding diaryl/α,β-unsaturated/α-hetero) is 1. The quantitative estimate of drug-likeness (QED) is 0.0365. The third-order valence-corrected chi connectivity index (χ3v) is 9.41. The van der Waals surface area contributed by atoms with Crippen molar-refractivity contribution in [3.8, 4) is 17.2 Å². The number of hydrogen-bond donors (Lipinski definition) is 1. The number of amides is 1. The Balaban J connectivity index is 1.55. The van der Waals surface area contributed by atoms with Gasteiger partial charge in [-0.25, -0.2) is 4.39 Å². The molecule has 1 saturated heterocycles. The van der Waals surface area contributed by atoms with Crippen LogP contribution >= 0.6 is 23.1 Å². The molecule has 5 rings (SSSR count). The number of carbonyl (C=O) groups excluding carboxylic acids is 2. The van der Waals surface area contributed by atoms with Crippen LogP contribution in [-0.2, 0) is 15.3 Å². The lowest BCUT2D eigenvalue weighted by Crippen LogP contribution is -2.29. The van der Waals surface area contributed by atoms with Gasteiger partial charge in [-0.15, -0.1) is 10.2 Å². The summed E-state index contributed by atoms with van der Waals surface area (Å²) in [4.78, 5) is 28.6. The molecule has 4 aromatic rings. The summed E-state index contributed by atoms with van der Waals surface area (Å²) in [6, 6.07) is 17.2. The van der Waals surface area contributed by atoms with E-state index in [9.17, 15) is 19.1 Å². The topological polar surface area (TPSA) is 111 Å². The number of aliphatic hydroxyl groups is 1. The zero-order chi connectivity index (χ0) is 32.6. The lowest BCUT2D eigenvalue weighted by molar-refractivity contribution is -0.132. The monoisotopic (exact) mass is 663 g/mol. The first-order chi connectivity index (χ1) is 22.4. The minimum absolute atomic E-state index is 0.106. The Labute approximate surface area is 275 Å². The first kappa shape index (κ1) is 33.0. The van der Waals surface area contributed by atoms with Crippen molar-refractivity contribution in [3.63, 3.8) is 0 Å². The predicted octanol–water partition coefficient (Wildman–Crippen LogP) is 7.57. The molecule has 240 valence electrons. The van der Waals surface area contributed by atoms with Crippen LogP contribution < -0.4 is 19.1 Å². The summed E-state index contributed by atoms with van der Waals surface area (Å²) < 4.78 is 31.9. The molecule has 0 radical (unpaired) electrons. The molecule has 46 heavy (non-hydrogen) atoms. The number of anilines is 1. The van der Waals surface area contributed by atoms with Crippen LogP contribution in [0.3, 0.4) is 0 Å². The molecule has 1 amide bonds. The number of hydrogen-bond acceptors (Lipinski definition) is 10. The SMILES string of the molecule is CCCCCOc1ccc(C2/C(=C(\O)c3ccc(OC)cc3)C(=O)C(=O)N2c2nnc(SCc3ccccc3F)s2)cc1OCC. The minimum atomic E-state index is -1.05. The summed E-state index contributed by atoms with van der Waals surface area (Å²) in [5.41, 5.74) is 1.24. The maximum atomic E-state index is 14.2. The van der Waals surface area contributed by atoms with Gasteiger partial charge in [0.15, 0.2) is 15.8 Å². The van der Waals surface area contributed by atoms with E-state index in [1.165, 1.54) is 29.8 Å². The van der Waals surface area contributed by atoms with Gasteiger partial charge >= 0.3 is 5.91 Å². The Morgan fingerprint density at radius 3 is 2.50 bits per heavy atom. The van der Waals surface area contributed by atoms with E-state index in [1.54, 1.807) is 60.7 Å². The molecule has 1 atom stereocenters. The van der Waals surface area contributed by atoms with E-state index in [-0.39, 0.29) is 22.3 Å². The number of aromatic nitrogens is 2. The molecule has 0 spiro atoms. The molecule has 2 heterocycles. The number of thioether (sulfide) groups is 1. The van der Waals surface area contributed by atoms with Crippen LogP contribution in [0, 0.1) is 5.82 Å². The van der Waals surface area contributed by atoms with Crippen molar-refractivity contribution in [3.05, 3.63) is 94.8 Å². The fourth-order valence-corrected chi connectivity index (χ4v) is 6.83. The van der Waals surface area contributed by atoms with E-state index >= 15 is 0 Å². The van der Waals surface area contributed by atoms with Crippen LogP contribution in [0.4, 0.5) is 9.52 Å². The molecule has 0 aliphatic carbocycles. The minimum Gasteiger partial charge on any atom is -0.507 e. The van der Waals surface area contributed by atoms with Gasteiger partial charge in [0, 0.05) is 11.3 Å². The zero-order valence-corrected chi connectivity index (χ0v) is 27.3. The number of nitrogens with zero attached hydrogens (tertiary/aromatic N) is 3. The maximum absolute atomic E-state index is 14.2. The number of ketones is 1. The lowest BCUT2D eigenvalue weighted by atomic mass is 9.95. The number of methoxy groups -OCH3 is 1. The molecule has 0 bridgehead atoms. The number of unbranched alkanes of at least 4 members (excludes halogenated alkanes) is 2. The average Bonchev–Trinajstić information content (AvgIpc) is 3.64. The molecule has 0 saturated carbocycles. The molecule has 1 aliphatic heterocycles. The summed E-state index contributed by atoms with van der Waals surface area (Å²) in [6.45, 7) is 4.84. The maximum Gasteiger partial charge on any atom is 0.301 e. The third-order valence-electron chi connectivity index (χ3n) is 7.31. The highest BCUT2D eigenvalue weighted by Gasteiger charge is 2.48. The van der Waals surface area contributed by atoms with Gasteiger partial charge in [-0.3, -0.25) is 14.5 Å². The van der Waals surface area contributed by atoms with Crippen LogP contribution in [-0.4, -0.2) is 47.3 Å². The van der Waals surface area contributed by atoms with E-state index in [1.807, 2.05) is 6.92 Å². The highest BCUT2D eigenvalue weighted by atomic mass is 32.2. The lowest BCUT2D eigenvalue weighted by Gasteiger charge is -2.23. The van der Waals surface area contributed by atoms with Gasteiger partial charge in [0.25, 0.3) is 5.78 Å². The first-order valence-corrected chi connectivity index (χ1v) is 16.7. The van der Waals surface area contributed by atoms with Crippen LogP contribution in [0.5, 0.6) is 17.2 Å². The second-order valence-corrected chi connectivity index (χ2v) is 12.5. The number of benzene rings is 3. The summed E-state index contributed by atoms with van der Waals surface area (Å²) in [6.07, 6.45) is 2.98. The van der Waals surface area contributed by atoms with E-state index in [0.717, 1.165) is 30.6 Å². The normalized spacial score (nSPS) is 15.7. The second kappa shape index (κ2) is 15.2. The van der Waals surface area contributed by atoms with E-state index in [0.29, 0.717) is 57.2 Å². The van der Waals surface area contributed by atoms with Gasteiger partial charge < -0.3 is 19.3 Å². The van der Waals surface area contributed by atoms with Crippen molar-refractivity contribution in [1.29, 1.82) is 0 Å². The Hall–Kier alpha value is -4.42. The Morgan fingerprint density at radius 2 is 1.78 bits per heavy atom. The summed E-state index contributed by atoms with van der Waals surface area (Å²) in [5.74, 6) is -0.540. The van der Waals surface area contributed by atoms with E-state index in [4.69, 9.17) is 14.2 Å². The van der Waals surface area contributed by atoms with Crippen LogP contribution in [0.1, 0.15) is 55.8 Å². The van der Waals surface area contributed by atoms with Crippen molar-refractivity contribution in [2.75, 3.05) is 25.2 Å². The first-order valence-electron chi connectivity index (χ1n) is 14.9. The standard InChI is InChI=1S/C34H34FN3O6S2/c1-4-6-9-18-44-26-17-14-22(19-27(26)43-5-2)29-28(30(39)21-12-15-24(42-3)16-13-21)31(40)32(41)38(29)33-36-37-34(46-33)45-20-23-10-7-8-11-25(23)35/h7-8,10-17,19,29,39H,4-6,9,18,20H2,1-3H3/b30-28+. The van der Waals surface area contributed by atoms with Gasteiger partial charge in [0.1, 0.15) is 17.3 Å². The second-order valence-electron chi connectivity index (χ2n) is 10.3. The van der Waals surface area contributed by atoms with Gasteiger partial charge in [-0.2, -0.15) is 0 Å². The van der Waals surface area contributed by atoms with Gasteiger partial charge in [0.2, 0.25) is 5.13 Å². The fourth-order valence-electron chi connectivity index (χ4n) is 4.98. The summed E-state index contributed by atoms with van der Waals surface area (Å²) in [5, 5.41) is 20.1. The Bertz CT molecular complexity index is 1730. The van der Waals surface area contributed by atoms with Crippen LogP contribution in [0.25, 0.3) is 5.76 Å². The molecule has 9 nitrogen and oxygen atoms in total. The van der Waals surface area contributed by atoms with Crippen molar-refractivity contribution in [2.24, 2.45) is 0 Å². The van der Waals surface area contributed by atoms with E-state index in [2.05, 4.69) is 17.1 Å². The summed E-state index contributed by atoms with van der Waals surface area (Å²) >= 11 is 2.37. The van der Waals surface area contributed by atoms with Crippen molar-refractivity contribution in [2.45, 2.75) is 49.2 Å². The average molecular weight is 664 g/mol. The molecule has 1 fully saturated rings. The predicted molar refractivity (Wildman–Crippen MR) is 176 cm³/mol. The zero-order valence-electron chi connectivity index (χ0n) is 25.7. The van der Waals surface area contributed by atoms with E-state index < -0.39 is 17.7 Å². The Kier molecular flexibility index (Phi) is 10.9. The highest BCUT2D eigenvalue weighted by molar-refractivity contribution is 8.00. The smallest absolute Gasteiger partial charge is 0.301 e. The van der Waals surface area contributed by atoms with Gasteiger partial charge in [0.05, 0.1) is 31.9 Å². The Morgan fingerprint density at radius 1 is 1.00 bits per heavy atom. The van der Waals surface area contributed by atoms with Crippen LogP contribution in [0.15, 0.2) is 76.6 Å².